The van der Waals surface area contributed by atoms with Gasteiger partial charge in [-0.3, -0.25) is 0 Å². The molecular formula is C15H8F6O. The number of ether oxygens (including phenoxy) is 1. The molecule has 0 fully saturated rings. The fourth-order valence-electron chi connectivity index (χ4n) is 2.75. The highest BCUT2D eigenvalue weighted by atomic mass is 19.2. The number of hydrogen-bond acceptors (Lipinski definition) is 1. The van der Waals surface area contributed by atoms with Crippen LogP contribution in [0.25, 0.3) is 11.1 Å². The van der Waals surface area contributed by atoms with Gasteiger partial charge in [0.1, 0.15) is 0 Å². The molecule has 0 saturated carbocycles. The fourth-order valence-corrected chi connectivity index (χ4v) is 2.75. The zero-order valence-corrected chi connectivity index (χ0v) is 11.2. The molecule has 0 aromatic heterocycles. The lowest BCUT2D eigenvalue weighted by Crippen LogP contribution is -2.06. The first-order chi connectivity index (χ1) is 10.4. The van der Waals surface area contributed by atoms with Crippen LogP contribution in [-0.2, 0) is 17.8 Å². The molecule has 0 heterocycles. The second kappa shape index (κ2) is 5.01. The maximum atomic E-state index is 14.0. The molecule has 7 heteroatoms. The molecule has 116 valence electrons. The zero-order valence-electron chi connectivity index (χ0n) is 11.2. The molecule has 3 rings (SSSR count). The predicted octanol–water partition coefficient (Wildman–Crippen LogP) is 4.24. The molecule has 1 aliphatic rings. The molecule has 0 saturated heterocycles. The van der Waals surface area contributed by atoms with E-state index < -0.39 is 46.0 Å². The summed E-state index contributed by atoms with van der Waals surface area (Å²) < 4.78 is 86.9. The lowest BCUT2D eigenvalue weighted by molar-refractivity contribution is 0.179. The summed E-state index contributed by atoms with van der Waals surface area (Å²) in [5.74, 6) is -9.74. The largest absolute Gasteiger partial charge is 0.380 e. The molecular weight excluding hydrogens is 310 g/mol. The van der Waals surface area contributed by atoms with Crippen molar-refractivity contribution in [2.24, 2.45) is 0 Å². The lowest BCUT2D eigenvalue weighted by atomic mass is 9.99. The number of rotatable bonds is 2. The zero-order chi connectivity index (χ0) is 16.2. The maximum Gasteiger partial charge on any atom is 0.195 e. The highest BCUT2D eigenvalue weighted by Gasteiger charge is 2.35. The van der Waals surface area contributed by atoms with Gasteiger partial charge in [0.15, 0.2) is 34.9 Å². The van der Waals surface area contributed by atoms with Crippen LogP contribution in [0.5, 0.6) is 0 Å². The fraction of sp³-hybridized carbons (Fsp3) is 0.200. The van der Waals surface area contributed by atoms with E-state index >= 15 is 0 Å². The smallest absolute Gasteiger partial charge is 0.195 e. The molecule has 0 radical (unpaired) electrons. The van der Waals surface area contributed by atoms with Crippen molar-refractivity contribution in [1.29, 1.82) is 0 Å². The van der Waals surface area contributed by atoms with Gasteiger partial charge >= 0.3 is 0 Å². The van der Waals surface area contributed by atoms with Crippen LogP contribution in [0.3, 0.4) is 0 Å². The van der Waals surface area contributed by atoms with Crippen molar-refractivity contribution in [2.75, 3.05) is 7.11 Å². The first-order valence-corrected chi connectivity index (χ1v) is 6.22. The molecule has 0 N–H and O–H groups in total. The quantitative estimate of drug-likeness (QED) is 0.507. The van der Waals surface area contributed by atoms with Gasteiger partial charge in [0.05, 0.1) is 6.61 Å². The number of fused-ring (bicyclic) bond motifs is 3. The van der Waals surface area contributed by atoms with Crippen LogP contribution in [0.2, 0.25) is 0 Å². The van der Waals surface area contributed by atoms with Gasteiger partial charge in [-0.05, 0) is 23.6 Å². The van der Waals surface area contributed by atoms with Crippen LogP contribution in [0.4, 0.5) is 26.3 Å². The molecule has 0 atom stereocenters. The SMILES string of the molecule is COCc1c(F)c(F)c(F)c2c1Cc1cc(F)c(F)c(F)c1-2. The molecule has 0 bridgehead atoms. The number of halogens is 6. The summed E-state index contributed by atoms with van der Waals surface area (Å²) in [6, 6.07) is 0.694. The number of benzene rings is 2. The van der Waals surface area contributed by atoms with Crippen molar-refractivity contribution in [1.82, 2.24) is 0 Å². The average molecular weight is 318 g/mol. The highest BCUT2D eigenvalue weighted by Crippen LogP contribution is 2.44. The van der Waals surface area contributed by atoms with Crippen LogP contribution in [0, 0.1) is 34.9 Å². The van der Waals surface area contributed by atoms with E-state index in [0.717, 1.165) is 0 Å². The van der Waals surface area contributed by atoms with Crippen LogP contribution in [0.1, 0.15) is 16.7 Å². The lowest BCUT2D eigenvalue weighted by Gasteiger charge is -2.12. The minimum atomic E-state index is -1.80. The molecule has 2 aromatic carbocycles. The van der Waals surface area contributed by atoms with Crippen molar-refractivity contribution in [3.63, 3.8) is 0 Å². The number of hydrogen-bond donors (Lipinski definition) is 0. The standard InChI is InChI=1S/C15H8F6O/c1-22-4-7-6-2-5-3-8(16)12(18)13(19)9(5)10(6)14(20)15(21)11(7)17/h3H,2,4H2,1H3. The Morgan fingerprint density at radius 3 is 2.14 bits per heavy atom. The normalized spacial score (nSPS) is 12.5. The summed E-state index contributed by atoms with van der Waals surface area (Å²) >= 11 is 0. The Kier molecular flexibility index (Phi) is 3.40. The molecule has 1 aliphatic carbocycles. The maximum absolute atomic E-state index is 14.0. The molecule has 0 unspecified atom stereocenters. The molecule has 22 heavy (non-hydrogen) atoms. The van der Waals surface area contributed by atoms with Gasteiger partial charge in [0.2, 0.25) is 0 Å². The summed E-state index contributed by atoms with van der Waals surface area (Å²) in [6.45, 7) is -0.383. The molecule has 2 aromatic rings. The van der Waals surface area contributed by atoms with Crippen LogP contribution in [-0.4, -0.2) is 7.11 Å². The van der Waals surface area contributed by atoms with Crippen LogP contribution < -0.4 is 0 Å². The van der Waals surface area contributed by atoms with E-state index in [1.807, 2.05) is 0 Å². The Balaban J connectivity index is 2.39. The van der Waals surface area contributed by atoms with Crippen LogP contribution in [0.15, 0.2) is 6.07 Å². The van der Waals surface area contributed by atoms with E-state index in [1.165, 1.54) is 7.11 Å². The highest BCUT2D eigenvalue weighted by molar-refractivity contribution is 5.79. The monoisotopic (exact) mass is 318 g/mol. The Bertz CT molecular complexity index is 800. The van der Waals surface area contributed by atoms with Crippen LogP contribution >= 0.6 is 0 Å². The van der Waals surface area contributed by atoms with Gasteiger partial charge in [-0.2, -0.15) is 0 Å². The molecule has 1 nitrogen and oxygen atoms in total. The van der Waals surface area contributed by atoms with Gasteiger partial charge < -0.3 is 4.74 Å². The molecule has 0 aliphatic heterocycles. The van der Waals surface area contributed by atoms with Gasteiger partial charge in [0.25, 0.3) is 0 Å². The first kappa shape index (κ1) is 14.9. The summed E-state index contributed by atoms with van der Waals surface area (Å²) in [5, 5.41) is 0. The van der Waals surface area contributed by atoms with Gasteiger partial charge in [-0.1, -0.05) is 0 Å². The first-order valence-electron chi connectivity index (χ1n) is 6.22. The summed E-state index contributed by atoms with van der Waals surface area (Å²) in [5.41, 5.74) is -1.61. The van der Waals surface area contributed by atoms with Crippen molar-refractivity contribution >= 4 is 0 Å². The molecule has 0 spiro atoms. The average Bonchev–Trinajstić information content (AvgIpc) is 2.86. The third kappa shape index (κ3) is 1.85. The minimum absolute atomic E-state index is 0.0721. The third-order valence-corrected chi connectivity index (χ3v) is 3.69. The summed E-state index contributed by atoms with van der Waals surface area (Å²) in [7, 11) is 1.22. The van der Waals surface area contributed by atoms with E-state index in [0.29, 0.717) is 6.07 Å². The van der Waals surface area contributed by atoms with E-state index in [4.69, 9.17) is 4.74 Å². The number of methoxy groups -OCH3 is 1. The van der Waals surface area contributed by atoms with Crippen molar-refractivity contribution in [3.05, 3.63) is 57.7 Å². The van der Waals surface area contributed by atoms with E-state index in [2.05, 4.69) is 0 Å². The second-order valence-electron chi connectivity index (χ2n) is 4.90. The topological polar surface area (TPSA) is 9.23 Å². The van der Waals surface area contributed by atoms with E-state index in [-0.39, 0.29) is 29.7 Å². The van der Waals surface area contributed by atoms with E-state index in [9.17, 15) is 26.3 Å². The molecule has 0 amide bonds. The Labute approximate surface area is 121 Å². The second-order valence-corrected chi connectivity index (χ2v) is 4.90. The van der Waals surface area contributed by atoms with Crippen molar-refractivity contribution < 1.29 is 31.1 Å². The van der Waals surface area contributed by atoms with Gasteiger partial charge in [-0.25, -0.2) is 26.3 Å². The predicted molar refractivity (Wildman–Crippen MR) is 65.1 cm³/mol. The van der Waals surface area contributed by atoms with Crippen molar-refractivity contribution in [3.8, 4) is 11.1 Å². The van der Waals surface area contributed by atoms with Gasteiger partial charge in [-0.15, -0.1) is 0 Å². The van der Waals surface area contributed by atoms with Crippen molar-refractivity contribution in [2.45, 2.75) is 13.0 Å². The Hall–Kier alpha value is -2.02. The minimum Gasteiger partial charge on any atom is -0.380 e. The summed E-state index contributed by atoms with van der Waals surface area (Å²) in [6.07, 6.45) is -0.244. The Morgan fingerprint density at radius 2 is 1.50 bits per heavy atom. The third-order valence-electron chi connectivity index (χ3n) is 3.69. The van der Waals surface area contributed by atoms with Gasteiger partial charge in [0, 0.05) is 23.8 Å². The Morgan fingerprint density at radius 1 is 0.864 bits per heavy atom. The van der Waals surface area contributed by atoms with E-state index in [1.54, 1.807) is 0 Å². The summed E-state index contributed by atoms with van der Waals surface area (Å²) in [4.78, 5) is 0.